The van der Waals surface area contributed by atoms with Gasteiger partial charge in [0.2, 0.25) is 0 Å². The average molecular weight is 251 g/mol. The van der Waals surface area contributed by atoms with Crippen molar-refractivity contribution in [2.75, 3.05) is 6.54 Å². The number of aromatic nitrogens is 2. The molecule has 18 heavy (non-hydrogen) atoms. The molecule has 1 unspecified atom stereocenters. The second kappa shape index (κ2) is 8.30. The first-order valence-electron chi connectivity index (χ1n) is 7.40. The van der Waals surface area contributed by atoms with Gasteiger partial charge in [-0.2, -0.15) is 5.10 Å². The Morgan fingerprint density at radius 3 is 2.61 bits per heavy atom. The lowest BCUT2D eigenvalue weighted by Crippen LogP contribution is -2.32. The highest BCUT2D eigenvalue weighted by Crippen LogP contribution is 2.11. The van der Waals surface area contributed by atoms with Crippen LogP contribution < -0.4 is 5.32 Å². The van der Waals surface area contributed by atoms with Gasteiger partial charge in [-0.1, -0.05) is 20.8 Å². The lowest BCUT2D eigenvalue weighted by molar-refractivity contribution is 0.427. The Hall–Kier alpha value is -0.830. The molecule has 1 rings (SSSR count). The van der Waals surface area contributed by atoms with Gasteiger partial charge in [-0.05, 0) is 50.6 Å². The summed E-state index contributed by atoms with van der Waals surface area (Å²) in [5.74, 6) is 0.786. The van der Waals surface area contributed by atoms with Crippen LogP contribution >= 0.6 is 0 Å². The van der Waals surface area contributed by atoms with Crippen LogP contribution in [0.5, 0.6) is 0 Å². The van der Waals surface area contributed by atoms with Crippen LogP contribution in [0.15, 0.2) is 12.4 Å². The SMILES string of the molecule is CCCNC(CCC(C)C)Cc1cnn(CC)c1. The molecule has 1 N–H and O–H groups in total. The molecule has 3 nitrogen and oxygen atoms in total. The van der Waals surface area contributed by atoms with Gasteiger partial charge in [0.15, 0.2) is 0 Å². The van der Waals surface area contributed by atoms with E-state index in [1.807, 2.05) is 10.9 Å². The molecule has 1 aromatic heterocycles. The molecule has 1 aromatic rings. The maximum absolute atomic E-state index is 4.35. The molecule has 0 radical (unpaired) electrons. The summed E-state index contributed by atoms with van der Waals surface area (Å²) < 4.78 is 2.01. The molecule has 0 aromatic carbocycles. The van der Waals surface area contributed by atoms with E-state index >= 15 is 0 Å². The molecule has 0 aliphatic heterocycles. The molecule has 1 heterocycles. The van der Waals surface area contributed by atoms with E-state index in [2.05, 4.69) is 44.3 Å². The first-order valence-corrected chi connectivity index (χ1v) is 7.40. The standard InChI is InChI=1S/C15H29N3/c1-5-9-16-15(8-7-13(3)4)10-14-11-17-18(6-2)12-14/h11-13,15-16H,5-10H2,1-4H3. The Morgan fingerprint density at radius 1 is 1.28 bits per heavy atom. The zero-order valence-electron chi connectivity index (χ0n) is 12.4. The molecule has 1 atom stereocenters. The van der Waals surface area contributed by atoms with Gasteiger partial charge >= 0.3 is 0 Å². The second-order valence-corrected chi connectivity index (χ2v) is 5.53. The highest BCUT2D eigenvalue weighted by atomic mass is 15.3. The molecular formula is C15H29N3. The van der Waals surface area contributed by atoms with Crippen molar-refractivity contribution >= 4 is 0 Å². The highest BCUT2D eigenvalue weighted by Gasteiger charge is 2.11. The lowest BCUT2D eigenvalue weighted by atomic mass is 9.99. The number of rotatable bonds is 9. The third kappa shape index (κ3) is 5.67. The smallest absolute Gasteiger partial charge is 0.0522 e. The third-order valence-electron chi connectivity index (χ3n) is 3.27. The zero-order valence-corrected chi connectivity index (χ0v) is 12.4. The number of hydrogen-bond donors (Lipinski definition) is 1. The van der Waals surface area contributed by atoms with Crippen LogP contribution in [0.2, 0.25) is 0 Å². The molecule has 0 saturated carbocycles. The number of hydrogen-bond acceptors (Lipinski definition) is 2. The van der Waals surface area contributed by atoms with Gasteiger partial charge in [0, 0.05) is 18.8 Å². The van der Waals surface area contributed by atoms with Crippen molar-refractivity contribution in [3.8, 4) is 0 Å². The Labute approximate surface area is 112 Å². The minimum atomic E-state index is 0.599. The number of nitrogens with one attached hydrogen (secondary N) is 1. The predicted molar refractivity (Wildman–Crippen MR) is 77.8 cm³/mol. The van der Waals surface area contributed by atoms with Crippen molar-refractivity contribution in [2.45, 2.75) is 66.0 Å². The summed E-state index contributed by atoms with van der Waals surface area (Å²) in [5, 5.41) is 8.02. The topological polar surface area (TPSA) is 29.9 Å². The molecule has 0 fully saturated rings. The number of aryl methyl sites for hydroxylation is 1. The molecule has 0 bridgehead atoms. The van der Waals surface area contributed by atoms with Crippen LogP contribution in [0.3, 0.4) is 0 Å². The Bertz CT molecular complexity index is 317. The van der Waals surface area contributed by atoms with Crippen molar-refractivity contribution in [1.29, 1.82) is 0 Å². The van der Waals surface area contributed by atoms with Crippen molar-refractivity contribution in [2.24, 2.45) is 5.92 Å². The summed E-state index contributed by atoms with van der Waals surface area (Å²) in [6.45, 7) is 11.0. The molecular weight excluding hydrogens is 222 g/mol. The van der Waals surface area contributed by atoms with Gasteiger partial charge in [0.1, 0.15) is 0 Å². The average Bonchev–Trinajstić information content (AvgIpc) is 2.80. The van der Waals surface area contributed by atoms with Gasteiger partial charge in [0.25, 0.3) is 0 Å². The third-order valence-corrected chi connectivity index (χ3v) is 3.27. The summed E-state index contributed by atoms with van der Waals surface area (Å²) in [5.41, 5.74) is 1.36. The van der Waals surface area contributed by atoms with E-state index in [0.717, 1.165) is 25.4 Å². The van der Waals surface area contributed by atoms with Crippen LogP contribution in [0.4, 0.5) is 0 Å². The van der Waals surface area contributed by atoms with Crippen LogP contribution in [0.1, 0.15) is 52.5 Å². The van der Waals surface area contributed by atoms with Gasteiger partial charge in [-0.25, -0.2) is 0 Å². The van der Waals surface area contributed by atoms with Crippen LogP contribution in [0, 0.1) is 5.92 Å². The van der Waals surface area contributed by atoms with E-state index in [0.29, 0.717) is 6.04 Å². The summed E-state index contributed by atoms with van der Waals surface area (Å²) in [6.07, 6.45) is 9.05. The first-order chi connectivity index (χ1) is 8.65. The van der Waals surface area contributed by atoms with Gasteiger partial charge in [-0.3, -0.25) is 4.68 Å². The van der Waals surface area contributed by atoms with Crippen molar-refractivity contribution in [1.82, 2.24) is 15.1 Å². The first kappa shape index (κ1) is 15.2. The molecule has 104 valence electrons. The molecule has 3 heteroatoms. The summed E-state index contributed by atoms with van der Waals surface area (Å²) in [4.78, 5) is 0. The lowest BCUT2D eigenvalue weighted by Gasteiger charge is -2.18. The van der Waals surface area contributed by atoms with E-state index in [-0.39, 0.29) is 0 Å². The maximum Gasteiger partial charge on any atom is 0.0522 e. The highest BCUT2D eigenvalue weighted by molar-refractivity contribution is 5.06. The fourth-order valence-corrected chi connectivity index (χ4v) is 2.13. The normalized spacial score (nSPS) is 13.2. The van der Waals surface area contributed by atoms with E-state index < -0.39 is 0 Å². The monoisotopic (exact) mass is 251 g/mol. The summed E-state index contributed by atoms with van der Waals surface area (Å²) in [7, 11) is 0. The molecule has 0 aliphatic carbocycles. The van der Waals surface area contributed by atoms with Crippen molar-refractivity contribution < 1.29 is 0 Å². The van der Waals surface area contributed by atoms with Crippen LogP contribution in [-0.2, 0) is 13.0 Å². The van der Waals surface area contributed by atoms with Crippen molar-refractivity contribution in [3.05, 3.63) is 18.0 Å². The number of nitrogens with zero attached hydrogens (tertiary/aromatic N) is 2. The molecule has 0 spiro atoms. The van der Waals surface area contributed by atoms with Crippen LogP contribution in [-0.4, -0.2) is 22.4 Å². The van der Waals surface area contributed by atoms with Gasteiger partial charge in [0.05, 0.1) is 6.20 Å². The van der Waals surface area contributed by atoms with Gasteiger partial charge in [-0.15, -0.1) is 0 Å². The minimum Gasteiger partial charge on any atom is -0.314 e. The molecule has 0 aliphatic rings. The summed E-state index contributed by atoms with van der Waals surface area (Å²) in [6, 6.07) is 0.599. The molecule has 0 saturated heterocycles. The second-order valence-electron chi connectivity index (χ2n) is 5.53. The van der Waals surface area contributed by atoms with Crippen LogP contribution in [0.25, 0.3) is 0 Å². The zero-order chi connectivity index (χ0) is 13.4. The molecule has 0 amide bonds. The van der Waals surface area contributed by atoms with E-state index in [4.69, 9.17) is 0 Å². The van der Waals surface area contributed by atoms with Gasteiger partial charge < -0.3 is 5.32 Å². The summed E-state index contributed by atoms with van der Waals surface area (Å²) >= 11 is 0. The quantitative estimate of drug-likeness (QED) is 0.730. The Kier molecular flexibility index (Phi) is 7.02. The Morgan fingerprint density at radius 2 is 2.06 bits per heavy atom. The Balaban J connectivity index is 2.47. The van der Waals surface area contributed by atoms with Crippen molar-refractivity contribution in [3.63, 3.8) is 0 Å². The largest absolute Gasteiger partial charge is 0.314 e. The predicted octanol–water partition coefficient (Wildman–Crippen LogP) is 3.25. The maximum atomic E-state index is 4.35. The fourth-order valence-electron chi connectivity index (χ4n) is 2.13. The van der Waals surface area contributed by atoms with E-state index in [1.54, 1.807) is 0 Å². The van der Waals surface area contributed by atoms with E-state index in [9.17, 15) is 0 Å². The van der Waals surface area contributed by atoms with E-state index in [1.165, 1.54) is 24.8 Å². The fraction of sp³-hybridized carbons (Fsp3) is 0.800. The minimum absolute atomic E-state index is 0.599.